The molecule has 0 unspecified atom stereocenters. The first kappa shape index (κ1) is 25.8. The third kappa shape index (κ3) is 6.46. The number of thioether (sulfide) groups is 1. The van der Waals surface area contributed by atoms with Crippen molar-refractivity contribution in [1.29, 1.82) is 0 Å². The number of amides is 1. The van der Waals surface area contributed by atoms with Crippen LogP contribution >= 0.6 is 11.8 Å². The SMILES string of the molecule is CC(=O)CC[C@H]1CN(c2ccc(-c3ccc(CSc4nnnn4CCN(C)C)cc3)c(F)c2)C(=O)O1. The van der Waals surface area contributed by atoms with Gasteiger partial charge in [0.1, 0.15) is 17.7 Å². The minimum absolute atomic E-state index is 0.0461. The zero-order chi connectivity index (χ0) is 25.7. The number of aromatic nitrogens is 4. The molecule has 4 rings (SSSR count). The van der Waals surface area contributed by atoms with Gasteiger partial charge < -0.3 is 14.4 Å². The summed E-state index contributed by atoms with van der Waals surface area (Å²) in [7, 11) is 4.01. The van der Waals surface area contributed by atoms with Crippen molar-refractivity contribution >= 4 is 29.3 Å². The molecule has 0 radical (unpaired) electrons. The molecule has 1 aliphatic rings. The molecular weight excluding hydrogens is 483 g/mol. The van der Waals surface area contributed by atoms with Crippen LogP contribution < -0.4 is 4.90 Å². The minimum Gasteiger partial charge on any atom is -0.444 e. The summed E-state index contributed by atoms with van der Waals surface area (Å²) >= 11 is 1.55. The molecule has 0 saturated carbocycles. The largest absolute Gasteiger partial charge is 0.444 e. The van der Waals surface area contributed by atoms with Crippen LogP contribution in [-0.4, -0.2) is 70.3 Å². The number of ketones is 1. The van der Waals surface area contributed by atoms with Gasteiger partial charge in [-0.25, -0.2) is 13.9 Å². The predicted molar refractivity (Wildman–Crippen MR) is 135 cm³/mol. The van der Waals surface area contributed by atoms with Gasteiger partial charge in [0.05, 0.1) is 18.8 Å². The highest BCUT2D eigenvalue weighted by Gasteiger charge is 2.32. The van der Waals surface area contributed by atoms with Crippen LogP contribution in [0.15, 0.2) is 47.6 Å². The molecule has 11 heteroatoms. The highest BCUT2D eigenvalue weighted by atomic mass is 32.2. The molecule has 2 aromatic carbocycles. The summed E-state index contributed by atoms with van der Waals surface area (Å²) in [6, 6.07) is 12.4. The van der Waals surface area contributed by atoms with Gasteiger partial charge in [0.25, 0.3) is 0 Å². The Bertz CT molecular complexity index is 1220. The number of anilines is 1. The second-order valence-electron chi connectivity index (χ2n) is 8.99. The van der Waals surface area contributed by atoms with E-state index in [0.29, 0.717) is 42.9 Å². The normalized spacial score (nSPS) is 15.5. The quantitative estimate of drug-likeness (QED) is 0.356. The number of tetrazole rings is 1. The molecule has 2 heterocycles. The van der Waals surface area contributed by atoms with E-state index in [4.69, 9.17) is 4.74 Å². The molecule has 0 aliphatic carbocycles. The van der Waals surface area contributed by atoms with E-state index in [1.807, 2.05) is 38.4 Å². The van der Waals surface area contributed by atoms with Gasteiger partial charge in [-0.1, -0.05) is 36.0 Å². The van der Waals surface area contributed by atoms with Crippen LogP contribution in [0.1, 0.15) is 25.3 Å². The van der Waals surface area contributed by atoms with Crippen LogP contribution in [0.5, 0.6) is 0 Å². The summed E-state index contributed by atoms with van der Waals surface area (Å²) in [6.45, 7) is 3.36. The topological polar surface area (TPSA) is 93.5 Å². The molecule has 0 N–H and O–H groups in total. The van der Waals surface area contributed by atoms with E-state index in [1.165, 1.54) is 17.9 Å². The molecule has 190 valence electrons. The lowest BCUT2D eigenvalue weighted by Gasteiger charge is -2.14. The fourth-order valence-corrected chi connectivity index (χ4v) is 4.68. The third-order valence-electron chi connectivity index (χ3n) is 5.85. The summed E-state index contributed by atoms with van der Waals surface area (Å²) in [5, 5.41) is 12.7. The Morgan fingerprint density at radius 3 is 2.69 bits per heavy atom. The van der Waals surface area contributed by atoms with Crippen molar-refractivity contribution < 1.29 is 18.7 Å². The number of hydrogen-bond acceptors (Lipinski definition) is 8. The first-order valence-corrected chi connectivity index (χ1v) is 12.7. The van der Waals surface area contributed by atoms with Gasteiger partial charge in [-0.15, -0.1) is 5.10 Å². The van der Waals surface area contributed by atoms with Gasteiger partial charge in [0, 0.05) is 24.3 Å². The number of Topliss-reactive ketones (excluding diaryl/α,β-unsaturated/α-hetero) is 1. The molecular formula is C25H29FN6O3S. The number of carbonyl (C=O) groups is 2. The first-order chi connectivity index (χ1) is 17.3. The Hall–Kier alpha value is -3.31. The number of ether oxygens (including phenoxy) is 1. The van der Waals surface area contributed by atoms with Crippen molar-refractivity contribution in [3.05, 3.63) is 53.8 Å². The van der Waals surface area contributed by atoms with Crippen molar-refractivity contribution in [1.82, 2.24) is 25.1 Å². The molecule has 1 saturated heterocycles. The average Bonchev–Trinajstić information content (AvgIpc) is 3.46. The van der Waals surface area contributed by atoms with Crippen LogP contribution in [0.4, 0.5) is 14.9 Å². The highest BCUT2D eigenvalue weighted by Crippen LogP contribution is 2.30. The lowest BCUT2D eigenvalue weighted by Crippen LogP contribution is -2.24. The predicted octanol–water partition coefficient (Wildman–Crippen LogP) is 4.03. The van der Waals surface area contributed by atoms with Crippen molar-refractivity contribution in [2.45, 2.75) is 43.3 Å². The summed E-state index contributed by atoms with van der Waals surface area (Å²) < 4.78 is 22.1. The Kier molecular flexibility index (Phi) is 8.32. The van der Waals surface area contributed by atoms with Crippen molar-refractivity contribution in [2.24, 2.45) is 0 Å². The van der Waals surface area contributed by atoms with E-state index < -0.39 is 11.9 Å². The van der Waals surface area contributed by atoms with Gasteiger partial charge in [0.15, 0.2) is 0 Å². The van der Waals surface area contributed by atoms with Crippen molar-refractivity contribution in [2.75, 3.05) is 32.1 Å². The standard InChI is InChI=1S/C25H29FN6O3S/c1-17(33)4-10-21-15-31(25(34)35-21)20-9-11-22(23(26)14-20)19-7-5-18(6-8-19)16-36-24-27-28-29-32(24)13-12-30(2)3/h5-9,11,14,21H,4,10,12-13,15-16H2,1-3H3/t21-/m0/s1. The molecule has 1 aromatic heterocycles. The summed E-state index contributed by atoms with van der Waals surface area (Å²) in [6.07, 6.45) is -0.0769. The Morgan fingerprint density at radius 1 is 1.22 bits per heavy atom. The number of cyclic esters (lactones) is 1. The van der Waals surface area contributed by atoms with E-state index in [-0.39, 0.29) is 11.9 Å². The Labute approximate surface area is 213 Å². The van der Waals surface area contributed by atoms with E-state index in [1.54, 1.807) is 28.6 Å². The highest BCUT2D eigenvalue weighted by molar-refractivity contribution is 7.98. The first-order valence-electron chi connectivity index (χ1n) is 11.7. The van der Waals surface area contributed by atoms with Crippen LogP contribution in [-0.2, 0) is 21.8 Å². The summed E-state index contributed by atoms with van der Waals surface area (Å²) in [5.74, 6) is 0.311. The zero-order valence-electron chi connectivity index (χ0n) is 20.6. The number of likely N-dealkylation sites (N-methyl/N-ethyl adjacent to an activating group) is 1. The van der Waals surface area contributed by atoms with Crippen LogP contribution in [0.25, 0.3) is 11.1 Å². The molecule has 36 heavy (non-hydrogen) atoms. The van der Waals surface area contributed by atoms with Crippen molar-refractivity contribution in [3.63, 3.8) is 0 Å². The lowest BCUT2D eigenvalue weighted by molar-refractivity contribution is -0.117. The number of carbonyl (C=O) groups excluding carboxylic acids is 2. The molecule has 9 nitrogen and oxygen atoms in total. The molecule has 1 fully saturated rings. The van der Waals surface area contributed by atoms with Crippen LogP contribution in [0, 0.1) is 5.82 Å². The molecule has 0 spiro atoms. The van der Waals surface area contributed by atoms with Crippen LogP contribution in [0.2, 0.25) is 0 Å². The van der Waals surface area contributed by atoms with Crippen molar-refractivity contribution in [3.8, 4) is 11.1 Å². The zero-order valence-corrected chi connectivity index (χ0v) is 21.4. The van der Waals surface area contributed by atoms with E-state index in [9.17, 15) is 9.59 Å². The number of halogens is 1. The average molecular weight is 513 g/mol. The number of hydrogen-bond donors (Lipinski definition) is 0. The number of nitrogens with zero attached hydrogens (tertiary/aromatic N) is 6. The molecule has 1 aliphatic heterocycles. The molecule has 3 aromatic rings. The fourth-order valence-electron chi connectivity index (χ4n) is 3.82. The number of benzene rings is 2. The minimum atomic E-state index is -0.523. The Morgan fingerprint density at radius 2 is 2.00 bits per heavy atom. The maximum atomic E-state index is 15.0. The fraction of sp³-hybridized carbons (Fsp3) is 0.400. The second kappa shape index (κ2) is 11.6. The number of rotatable bonds is 11. The summed E-state index contributed by atoms with van der Waals surface area (Å²) in [5.41, 5.74) is 2.70. The summed E-state index contributed by atoms with van der Waals surface area (Å²) in [4.78, 5) is 26.9. The van der Waals surface area contributed by atoms with E-state index in [0.717, 1.165) is 22.8 Å². The second-order valence-corrected chi connectivity index (χ2v) is 9.94. The maximum Gasteiger partial charge on any atom is 0.414 e. The smallest absolute Gasteiger partial charge is 0.414 e. The lowest BCUT2D eigenvalue weighted by atomic mass is 10.0. The van der Waals surface area contributed by atoms with Gasteiger partial charge in [0.2, 0.25) is 5.16 Å². The Balaban J connectivity index is 1.38. The monoisotopic (exact) mass is 512 g/mol. The van der Waals surface area contributed by atoms with E-state index >= 15 is 4.39 Å². The molecule has 1 atom stereocenters. The molecule has 1 amide bonds. The van der Waals surface area contributed by atoms with Gasteiger partial charge in [-0.05, 0) is 67.2 Å². The maximum absolute atomic E-state index is 15.0. The van der Waals surface area contributed by atoms with Gasteiger partial charge >= 0.3 is 6.09 Å². The van der Waals surface area contributed by atoms with Gasteiger partial charge in [-0.3, -0.25) is 4.90 Å². The van der Waals surface area contributed by atoms with Gasteiger partial charge in [-0.2, -0.15) is 0 Å². The third-order valence-corrected chi connectivity index (χ3v) is 6.88. The van der Waals surface area contributed by atoms with Crippen LogP contribution in [0.3, 0.4) is 0 Å². The van der Waals surface area contributed by atoms with E-state index in [2.05, 4.69) is 20.4 Å². The molecule has 0 bridgehead atoms.